The van der Waals surface area contributed by atoms with Crippen LogP contribution in [0.1, 0.15) is 58.4 Å². The van der Waals surface area contributed by atoms with Gasteiger partial charge in [-0.25, -0.2) is 0 Å². The lowest BCUT2D eigenvalue weighted by atomic mass is 10.0. The number of piperidine rings is 1. The molecule has 0 bridgehead atoms. The number of nitrogens with two attached hydrogens (primary N) is 1. The highest BCUT2D eigenvalue weighted by Gasteiger charge is 2.44. The van der Waals surface area contributed by atoms with Crippen LogP contribution >= 0.6 is 0 Å². The summed E-state index contributed by atoms with van der Waals surface area (Å²) in [5.41, 5.74) is 7.48. The lowest BCUT2D eigenvalue weighted by Crippen LogP contribution is -2.54. The fourth-order valence-corrected chi connectivity index (χ4v) is 4.89. The fourth-order valence-electron chi connectivity index (χ4n) is 4.89. The molecule has 29 heavy (non-hydrogen) atoms. The average Bonchev–Trinajstić information content (AvgIpc) is 3.26. The monoisotopic (exact) mass is 398 g/mol. The molecule has 3 unspecified atom stereocenters. The Morgan fingerprint density at radius 2 is 1.86 bits per heavy atom. The Morgan fingerprint density at radius 3 is 2.59 bits per heavy atom. The van der Waals surface area contributed by atoms with E-state index in [2.05, 4.69) is 17.3 Å². The molecule has 1 aromatic rings. The van der Waals surface area contributed by atoms with E-state index in [-0.39, 0.29) is 18.7 Å². The van der Waals surface area contributed by atoms with Gasteiger partial charge in [0.05, 0.1) is 11.1 Å². The molecular formula is C21H26N4O4. The first-order valence-corrected chi connectivity index (χ1v) is 10.2. The molecule has 2 aliphatic heterocycles. The molecule has 0 radical (unpaired) electrons. The van der Waals surface area contributed by atoms with Crippen LogP contribution in [0.5, 0.6) is 0 Å². The minimum absolute atomic E-state index is 0.115. The Morgan fingerprint density at radius 1 is 1.10 bits per heavy atom. The van der Waals surface area contributed by atoms with Crippen molar-refractivity contribution in [2.24, 2.45) is 11.7 Å². The van der Waals surface area contributed by atoms with Gasteiger partial charge in [0.25, 0.3) is 11.8 Å². The third-order valence-electron chi connectivity index (χ3n) is 6.42. The second-order valence-electron chi connectivity index (χ2n) is 8.24. The van der Waals surface area contributed by atoms with Crippen molar-refractivity contribution in [3.05, 3.63) is 34.9 Å². The summed E-state index contributed by atoms with van der Waals surface area (Å²) < 4.78 is 0. The molecule has 8 heteroatoms. The molecule has 4 rings (SSSR count). The van der Waals surface area contributed by atoms with Crippen LogP contribution < -0.4 is 11.1 Å². The van der Waals surface area contributed by atoms with Crippen LogP contribution in [0.2, 0.25) is 0 Å². The van der Waals surface area contributed by atoms with Crippen LogP contribution in [0.4, 0.5) is 0 Å². The lowest BCUT2D eigenvalue weighted by Gasteiger charge is -2.29. The lowest BCUT2D eigenvalue weighted by molar-refractivity contribution is -0.136. The smallest absolute Gasteiger partial charge is 0.262 e. The van der Waals surface area contributed by atoms with Crippen molar-refractivity contribution in [2.75, 3.05) is 13.6 Å². The molecule has 1 aliphatic carbocycles. The predicted octanol–water partition coefficient (Wildman–Crippen LogP) is 0.647. The predicted molar refractivity (Wildman–Crippen MR) is 105 cm³/mol. The summed E-state index contributed by atoms with van der Waals surface area (Å²) in [5.74, 6) is -1.43. The van der Waals surface area contributed by atoms with Crippen molar-refractivity contribution < 1.29 is 19.2 Å². The molecule has 1 aromatic carbocycles. The number of carbonyl (C=O) groups is 4. The molecule has 4 amide bonds. The van der Waals surface area contributed by atoms with E-state index in [1.165, 1.54) is 6.42 Å². The summed E-state index contributed by atoms with van der Waals surface area (Å²) in [6, 6.07) is 4.77. The van der Waals surface area contributed by atoms with E-state index in [4.69, 9.17) is 5.73 Å². The zero-order valence-corrected chi connectivity index (χ0v) is 16.5. The van der Waals surface area contributed by atoms with E-state index in [9.17, 15) is 19.2 Å². The second kappa shape index (κ2) is 7.68. The highest BCUT2D eigenvalue weighted by Crippen LogP contribution is 2.31. The van der Waals surface area contributed by atoms with Crippen LogP contribution in [0.15, 0.2) is 18.2 Å². The van der Waals surface area contributed by atoms with Gasteiger partial charge in [0, 0.05) is 19.0 Å². The van der Waals surface area contributed by atoms with Gasteiger partial charge in [0.1, 0.15) is 6.04 Å². The number of rotatable bonds is 5. The summed E-state index contributed by atoms with van der Waals surface area (Å²) in [5, 5.41) is 2.21. The van der Waals surface area contributed by atoms with Gasteiger partial charge in [-0.05, 0) is 56.5 Å². The number of benzene rings is 1. The van der Waals surface area contributed by atoms with E-state index in [1.807, 2.05) is 6.07 Å². The molecule has 3 aliphatic rings. The Balaban J connectivity index is 1.53. The molecule has 1 saturated heterocycles. The molecule has 3 N–H and O–H groups in total. The first-order valence-electron chi connectivity index (χ1n) is 10.2. The maximum absolute atomic E-state index is 12.9. The maximum atomic E-state index is 12.9. The molecule has 3 atom stereocenters. The third-order valence-corrected chi connectivity index (χ3v) is 6.42. The molecule has 1 saturated carbocycles. The third kappa shape index (κ3) is 3.47. The van der Waals surface area contributed by atoms with E-state index >= 15 is 0 Å². The van der Waals surface area contributed by atoms with Crippen molar-refractivity contribution in [2.45, 2.75) is 50.7 Å². The second-order valence-corrected chi connectivity index (χ2v) is 8.24. The van der Waals surface area contributed by atoms with Gasteiger partial charge in [0.15, 0.2) is 0 Å². The zero-order chi connectivity index (χ0) is 20.7. The number of hydrogen-bond acceptors (Lipinski definition) is 6. The Labute approximate surface area is 169 Å². The first-order chi connectivity index (χ1) is 13.9. The average molecular weight is 398 g/mol. The number of carbonyl (C=O) groups excluding carboxylic acids is 4. The standard InChI is InChI=1S/C21H26N4O4/c1-24(16-4-2-3-13(16)10-22)11-12-5-6-14-15(9-12)21(29)25(20(14)28)17-7-8-18(26)23-19(17)27/h5-6,9,13,16-17H,2-4,7-8,10-11,22H2,1H3,(H,23,26,27). The number of hydrogen-bond donors (Lipinski definition) is 2. The van der Waals surface area contributed by atoms with Gasteiger partial charge in [-0.3, -0.25) is 34.3 Å². The molecular weight excluding hydrogens is 372 g/mol. The normalized spacial score (nSPS) is 27.0. The molecule has 2 heterocycles. The Hall–Kier alpha value is -2.58. The highest BCUT2D eigenvalue weighted by atomic mass is 16.2. The molecule has 0 spiro atoms. The number of amides is 4. The molecule has 154 valence electrons. The quantitative estimate of drug-likeness (QED) is 0.704. The summed E-state index contributed by atoms with van der Waals surface area (Å²) in [7, 11) is 2.06. The van der Waals surface area contributed by atoms with Crippen molar-refractivity contribution >= 4 is 23.6 Å². The summed E-state index contributed by atoms with van der Waals surface area (Å²) in [6.45, 7) is 1.33. The van der Waals surface area contributed by atoms with Crippen LogP contribution in [0, 0.1) is 5.92 Å². The zero-order valence-electron chi connectivity index (χ0n) is 16.5. The van der Waals surface area contributed by atoms with Gasteiger partial charge >= 0.3 is 0 Å². The topological polar surface area (TPSA) is 113 Å². The van der Waals surface area contributed by atoms with Crippen molar-refractivity contribution in [1.82, 2.24) is 15.1 Å². The Bertz CT molecular complexity index is 883. The number of fused-ring (bicyclic) bond motifs is 1. The van der Waals surface area contributed by atoms with Crippen LogP contribution in [0.25, 0.3) is 0 Å². The molecule has 2 fully saturated rings. The molecule has 0 aromatic heterocycles. The van der Waals surface area contributed by atoms with Gasteiger partial charge in [-0.2, -0.15) is 0 Å². The van der Waals surface area contributed by atoms with Gasteiger partial charge in [0.2, 0.25) is 11.8 Å². The SMILES string of the molecule is CN(Cc1ccc2c(c1)C(=O)N(C1CCC(=O)NC1=O)C2=O)C1CCCC1CN. The van der Waals surface area contributed by atoms with E-state index in [1.54, 1.807) is 12.1 Å². The van der Waals surface area contributed by atoms with E-state index in [0.29, 0.717) is 36.2 Å². The Kier molecular flexibility index (Phi) is 5.23. The number of nitrogens with one attached hydrogen (secondary N) is 1. The van der Waals surface area contributed by atoms with E-state index in [0.717, 1.165) is 23.3 Å². The largest absolute Gasteiger partial charge is 0.330 e. The number of nitrogens with zero attached hydrogens (tertiary/aromatic N) is 2. The fraction of sp³-hybridized carbons (Fsp3) is 0.524. The van der Waals surface area contributed by atoms with Crippen molar-refractivity contribution in [1.29, 1.82) is 0 Å². The van der Waals surface area contributed by atoms with Crippen molar-refractivity contribution in [3.63, 3.8) is 0 Å². The van der Waals surface area contributed by atoms with Crippen LogP contribution in [0.3, 0.4) is 0 Å². The van der Waals surface area contributed by atoms with Gasteiger partial charge < -0.3 is 5.73 Å². The summed E-state index contributed by atoms with van der Waals surface area (Å²) >= 11 is 0. The minimum Gasteiger partial charge on any atom is -0.330 e. The van der Waals surface area contributed by atoms with Gasteiger partial charge in [-0.1, -0.05) is 12.5 Å². The maximum Gasteiger partial charge on any atom is 0.262 e. The van der Waals surface area contributed by atoms with Crippen LogP contribution in [-0.2, 0) is 16.1 Å². The molecule has 8 nitrogen and oxygen atoms in total. The highest BCUT2D eigenvalue weighted by molar-refractivity contribution is 6.23. The summed E-state index contributed by atoms with van der Waals surface area (Å²) in [4.78, 5) is 52.5. The summed E-state index contributed by atoms with van der Waals surface area (Å²) in [6.07, 6.45) is 3.71. The van der Waals surface area contributed by atoms with Crippen molar-refractivity contribution in [3.8, 4) is 0 Å². The number of imide groups is 2. The first kappa shape index (κ1) is 19.7. The van der Waals surface area contributed by atoms with E-state index < -0.39 is 23.8 Å². The minimum atomic E-state index is -0.935. The van der Waals surface area contributed by atoms with Gasteiger partial charge in [-0.15, -0.1) is 0 Å². The van der Waals surface area contributed by atoms with Crippen LogP contribution in [-0.4, -0.2) is 59.1 Å².